The maximum Gasteiger partial charge on any atom is 0.168 e. The molecule has 1 aromatic rings. The average molecular weight is 280 g/mol. The Balaban J connectivity index is 1.46. The molecule has 104 valence electrons. The number of hydrogen-bond donors (Lipinski definition) is 0. The summed E-state index contributed by atoms with van der Waals surface area (Å²) >= 11 is 1.48. The van der Waals surface area contributed by atoms with E-state index in [1.807, 2.05) is 0 Å². The first-order chi connectivity index (χ1) is 9.26. The fourth-order valence-corrected chi connectivity index (χ4v) is 3.32. The second-order valence-electron chi connectivity index (χ2n) is 5.30. The molecular formula is C15H20O3S. The molecule has 1 aliphatic heterocycles. The molecule has 0 aromatic heterocycles. The zero-order valence-electron chi connectivity index (χ0n) is 11.3. The maximum absolute atomic E-state index is 5.92. The van der Waals surface area contributed by atoms with Crippen LogP contribution in [0.15, 0.2) is 29.2 Å². The summed E-state index contributed by atoms with van der Waals surface area (Å²) < 4.78 is 17.4. The summed E-state index contributed by atoms with van der Waals surface area (Å²) in [4.78, 5) is 1.17. The van der Waals surface area contributed by atoms with Crippen LogP contribution in [0.5, 0.6) is 0 Å². The smallest absolute Gasteiger partial charge is 0.168 e. The largest absolute Gasteiger partial charge is 0.348 e. The van der Waals surface area contributed by atoms with Crippen molar-refractivity contribution in [2.45, 2.75) is 49.4 Å². The van der Waals surface area contributed by atoms with Gasteiger partial charge in [-0.3, -0.25) is 0 Å². The fourth-order valence-electron chi connectivity index (χ4n) is 2.63. The molecule has 1 aromatic carbocycles. The SMILES string of the molecule is Cc1ccc(SOC2CCC3(CC2)OCCO3)cc1. The highest BCUT2D eigenvalue weighted by molar-refractivity contribution is 7.94. The van der Waals surface area contributed by atoms with Crippen LogP contribution in [0.2, 0.25) is 0 Å². The first-order valence-corrected chi connectivity index (χ1v) is 7.68. The van der Waals surface area contributed by atoms with Gasteiger partial charge in [-0.05, 0) is 31.9 Å². The monoisotopic (exact) mass is 280 g/mol. The highest BCUT2D eigenvalue weighted by atomic mass is 32.2. The molecule has 4 heteroatoms. The number of hydrogen-bond acceptors (Lipinski definition) is 4. The summed E-state index contributed by atoms with van der Waals surface area (Å²) in [7, 11) is 0. The van der Waals surface area contributed by atoms with E-state index in [9.17, 15) is 0 Å². The van der Waals surface area contributed by atoms with Gasteiger partial charge in [0.2, 0.25) is 0 Å². The van der Waals surface area contributed by atoms with Crippen molar-refractivity contribution < 1.29 is 13.7 Å². The molecule has 1 aliphatic carbocycles. The lowest BCUT2D eigenvalue weighted by atomic mass is 9.92. The van der Waals surface area contributed by atoms with Gasteiger partial charge < -0.3 is 13.7 Å². The van der Waals surface area contributed by atoms with Gasteiger partial charge in [0.15, 0.2) is 5.79 Å². The molecule has 0 bridgehead atoms. The van der Waals surface area contributed by atoms with Crippen molar-refractivity contribution in [2.24, 2.45) is 0 Å². The van der Waals surface area contributed by atoms with Crippen molar-refractivity contribution in [1.29, 1.82) is 0 Å². The summed E-state index contributed by atoms with van der Waals surface area (Å²) in [6, 6.07) is 8.44. The maximum atomic E-state index is 5.92. The lowest BCUT2D eigenvalue weighted by Gasteiger charge is -2.34. The zero-order chi connectivity index (χ0) is 13.1. The molecule has 1 saturated carbocycles. The van der Waals surface area contributed by atoms with E-state index in [4.69, 9.17) is 13.7 Å². The lowest BCUT2D eigenvalue weighted by Crippen LogP contribution is -2.37. The molecule has 1 heterocycles. The fraction of sp³-hybridized carbons (Fsp3) is 0.600. The molecule has 2 aliphatic rings. The third kappa shape index (κ3) is 3.31. The third-order valence-electron chi connectivity index (χ3n) is 3.81. The van der Waals surface area contributed by atoms with E-state index < -0.39 is 0 Å². The third-order valence-corrected chi connectivity index (χ3v) is 4.64. The number of ether oxygens (including phenoxy) is 2. The minimum atomic E-state index is -0.283. The summed E-state index contributed by atoms with van der Waals surface area (Å²) in [6.45, 7) is 3.57. The van der Waals surface area contributed by atoms with Crippen LogP contribution in [-0.2, 0) is 13.7 Å². The summed E-state index contributed by atoms with van der Waals surface area (Å²) in [5.74, 6) is -0.283. The Labute approximate surface area is 118 Å². The van der Waals surface area contributed by atoms with Gasteiger partial charge in [-0.25, -0.2) is 0 Å². The van der Waals surface area contributed by atoms with Crippen molar-refractivity contribution >= 4 is 12.0 Å². The topological polar surface area (TPSA) is 27.7 Å². The van der Waals surface area contributed by atoms with Gasteiger partial charge >= 0.3 is 0 Å². The molecule has 0 atom stereocenters. The van der Waals surface area contributed by atoms with Crippen molar-refractivity contribution in [3.8, 4) is 0 Å². The molecule has 3 nitrogen and oxygen atoms in total. The van der Waals surface area contributed by atoms with Gasteiger partial charge in [0, 0.05) is 29.8 Å². The molecule has 2 fully saturated rings. The summed E-state index contributed by atoms with van der Waals surface area (Å²) in [5, 5.41) is 0. The van der Waals surface area contributed by atoms with Gasteiger partial charge in [-0.15, -0.1) is 0 Å². The van der Waals surface area contributed by atoms with E-state index in [-0.39, 0.29) is 5.79 Å². The number of aryl methyl sites for hydroxylation is 1. The summed E-state index contributed by atoms with van der Waals surface area (Å²) in [6.07, 6.45) is 4.24. The minimum Gasteiger partial charge on any atom is -0.348 e. The predicted octanol–water partition coefficient (Wildman–Crippen LogP) is 3.70. The zero-order valence-corrected chi connectivity index (χ0v) is 12.1. The van der Waals surface area contributed by atoms with Crippen molar-refractivity contribution in [3.63, 3.8) is 0 Å². The van der Waals surface area contributed by atoms with Crippen LogP contribution in [0.3, 0.4) is 0 Å². The van der Waals surface area contributed by atoms with Crippen molar-refractivity contribution in [2.75, 3.05) is 13.2 Å². The van der Waals surface area contributed by atoms with Gasteiger partial charge in [-0.1, -0.05) is 17.7 Å². The van der Waals surface area contributed by atoms with E-state index in [1.165, 1.54) is 22.5 Å². The Bertz CT molecular complexity index is 402. The second-order valence-corrected chi connectivity index (χ2v) is 6.13. The Kier molecular flexibility index (Phi) is 4.12. The highest BCUT2D eigenvalue weighted by Gasteiger charge is 2.40. The minimum absolute atomic E-state index is 0.283. The number of benzene rings is 1. The standard InChI is InChI=1S/C15H20O3S/c1-12-2-4-14(5-3-12)19-18-13-6-8-15(9-7-13)16-10-11-17-15/h2-5,13H,6-11H2,1H3. The normalized spacial score (nSPS) is 23.0. The van der Waals surface area contributed by atoms with E-state index in [0.29, 0.717) is 6.10 Å². The Hall–Kier alpha value is -0.550. The highest BCUT2D eigenvalue weighted by Crippen LogP contribution is 2.38. The lowest BCUT2D eigenvalue weighted by molar-refractivity contribution is -0.185. The van der Waals surface area contributed by atoms with E-state index in [0.717, 1.165) is 38.9 Å². The van der Waals surface area contributed by atoms with Crippen LogP contribution in [0.25, 0.3) is 0 Å². The van der Waals surface area contributed by atoms with E-state index in [2.05, 4.69) is 31.2 Å². The van der Waals surface area contributed by atoms with Crippen LogP contribution in [-0.4, -0.2) is 25.1 Å². The molecule has 0 radical (unpaired) electrons. The second kappa shape index (κ2) is 5.83. The quantitative estimate of drug-likeness (QED) is 0.789. The molecule has 0 unspecified atom stereocenters. The van der Waals surface area contributed by atoms with E-state index >= 15 is 0 Å². The predicted molar refractivity (Wildman–Crippen MR) is 75.0 cm³/mol. The van der Waals surface area contributed by atoms with Gasteiger partial charge in [-0.2, -0.15) is 0 Å². The average Bonchev–Trinajstić information content (AvgIpc) is 2.89. The van der Waals surface area contributed by atoms with E-state index in [1.54, 1.807) is 0 Å². The Morgan fingerprint density at radius 3 is 2.37 bits per heavy atom. The Morgan fingerprint density at radius 2 is 1.74 bits per heavy atom. The molecule has 0 amide bonds. The Morgan fingerprint density at radius 1 is 1.11 bits per heavy atom. The number of rotatable bonds is 3. The molecule has 0 N–H and O–H groups in total. The summed E-state index contributed by atoms with van der Waals surface area (Å²) in [5.41, 5.74) is 1.28. The molecule has 1 spiro atoms. The van der Waals surface area contributed by atoms with Gasteiger partial charge in [0.25, 0.3) is 0 Å². The van der Waals surface area contributed by atoms with Crippen LogP contribution in [0, 0.1) is 6.92 Å². The van der Waals surface area contributed by atoms with Crippen LogP contribution in [0.1, 0.15) is 31.2 Å². The van der Waals surface area contributed by atoms with Crippen LogP contribution >= 0.6 is 12.0 Å². The first-order valence-electron chi connectivity index (χ1n) is 6.94. The van der Waals surface area contributed by atoms with Crippen molar-refractivity contribution in [3.05, 3.63) is 29.8 Å². The van der Waals surface area contributed by atoms with Crippen LogP contribution < -0.4 is 0 Å². The van der Waals surface area contributed by atoms with Gasteiger partial charge in [0.05, 0.1) is 19.3 Å². The van der Waals surface area contributed by atoms with Crippen molar-refractivity contribution in [1.82, 2.24) is 0 Å². The molecular weight excluding hydrogens is 260 g/mol. The molecule has 19 heavy (non-hydrogen) atoms. The first kappa shape index (κ1) is 13.4. The van der Waals surface area contributed by atoms with Gasteiger partial charge in [0.1, 0.15) is 0 Å². The molecule has 3 rings (SSSR count). The van der Waals surface area contributed by atoms with Crippen LogP contribution in [0.4, 0.5) is 0 Å². The molecule has 1 saturated heterocycles.